The van der Waals surface area contributed by atoms with E-state index in [1.807, 2.05) is 11.7 Å². The van der Waals surface area contributed by atoms with Crippen molar-refractivity contribution in [2.75, 3.05) is 13.1 Å². The third kappa shape index (κ3) is 3.69. The second kappa shape index (κ2) is 5.67. The summed E-state index contributed by atoms with van der Waals surface area (Å²) in [5.41, 5.74) is 2.74. The van der Waals surface area contributed by atoms with E-state index in [9.17, 15) is 0 Å². The molecule has 1 N–H and O–H groups in total. The molecule has 1 saturated heterocycles. The lowest BCUT2D eigenvalue weighted by atomic mass is 9.82. The summed E-state index contributed by atoms with van der Waals surface area (Å²) < 4.78 is 3.16. The second-order valence-electron chi connectivity index (χ2n) is 8.02. The van der Waals surface area contributed by atoms with Crippen molar-refractivity contribution in [3.05, 3.63) is 15.9 Å². The van der Waals surface area contributed by atoms with Crippen molar-refractivity contribution in [1.29, 1.82) is 0 Å². The third-order valence-electron chi connectivity index (χ3n) is 4.43. The number of aromatic nitrogens is 2. The zero-order chi connectivity index (χ0) is 16.0. The van der Waals surface area contributed by atoms with Crippen LogP contribution in [0.1, 0.15) is 46.0 Å². The van der Waals surface area contributed by atoms with Gasteiger partial charge in [0, 0.05) is 38.3 Å². The molecule has 120 valence electrons. The van der Waals surface area contributed by atoms with Gasteiger partial charge in [-0.05, 0) is 42.1 Å². The Morgan fingerprint density at radius 3 is 2.48 bits per heavy atom. The van der Waals surface area contributed by atoms with E-state index >= 15 is 0 Å². The fourth-order valence-corrected chi connectivity index (χ4v) is 3.70. The van der Waals surface area contributed by atoms with Gasteiger partial charge in [0.2, 0.25) is 0 Å². The van der Waals surface area contributed by atoms with Crippen molar-refractivity contribution in [2.24, 2.45) is 12.5 Å². The molecule has 1 aliphatic rings. The van der Waals surface area contributed by atoms with Gasteiger partial charge in [-0.1, -0.05) is 20.8 Å². The predicted octanol–water partition coefficient (Wildman–Crippen LogP) is 3.09. The number of hydrogen-bond donors (Lipinski definition) is 1. The summed E-state index contributed by atoms with van der Waals surface area (Å²) in [6.45, 7) is 16.6. The standard InChI is InChI=1S/C16H29BrN4/c1-11-14(17)12(20(7)19-11)9-21-10-16(5,6)18-8-13(21)15(2,3)4/h13,18H,8-10H2,1-7H3. The average Bonchev–Trinajstić information content (AvgIpc) is 2.53. The largest absolute Gasteiger partial charge is 0.309 e. The Kier molecular flexibility index (Phi) is 4.58. The van der Waals surface area contributed by atoms with Gasteiger partial charge in [0.1, 0.15) is 0 Å². The van der Waals surface area contributed by atoms with E-state index in [2.05, 4.69) is 72.8 Å². The van der Waals surface area contributed by atoms with Crippen LogP contribution in [0.25, 0.3) is 0 Å². The number of piperazine rings is 1. The number of nitrogens with zero attached hydrogens (tertiary/aromatic N) is 3. The average molecular weight is 357 g/mol. The highest BCUT2D eigenvalue weighted by atomic mass is 79.9. The van der Waals surface area contributed by atoms with E-state index in [0.717, 1.165) is 29.8 Å². The molecule has 2 heterocycles. The van der Waals surface area contributed by atoms with E-state index < -0.39 is 0 Å². The molecular weight excluding hydrogens is 328 g/mol. The van der Waals surface area contributed by atoms with Crippen LogP contribution < -0.4 is 5.32 Å². The summed E-state index contributed by atoms with van der Waals surface area (Å²) in [7, 11) is 2.03. The van der Waals surface area contributed by atoms with Gasteiger partial charge in [-0.3, -0.25) is 9.58 Å². The Balaban J connectivity index is 2.28. The Morgan fingerprint density at radius 1 is 1.38 bits per heavy atom. The quantitative estimate of drug-likeness (QED) is 0.883. The van der Waals surface area contributed by atoms with Gasteiger partial charge < -0.3 is 5.32 Å². The monoisotopic (exact) mass is 356 g/mol. The van der Waals surface area contributed by atoms with Crippen molar-refractivity contribution in [1.82, 2.24) is 20.0 Å². The molecule has 0 aliphatic carbocycles. The summed E-state index contributed by atoms with van der Waals surface area (Å²) in [6, 6.07) is 0.521. The second-order valence-corrected chi connectivity index (χ2v) is 8.81. The van der Waals surface area contributed by atoms with Crippen LogP contribution in [0.4, 0.5) is 0 Å². The molecular formula is C16H29BrN4. The molecule has 1 aromatic rings. The first-order valence-electron chi connectivity index (χ1n) is 7.68. The molecule has 2 rings (SSSR count). The predicted molar refractivity (Wildman–Crippen MR) is 91.4 cm³/mol. The van der Waals surface area contributed by atoms with Gasteiger partial charge in [0.25, 0.3) is 0 Å². The van der Waals surface area contributed by atoms with Gasteiger partial charge in [0.15, 0.2) is 0 Å². The molecule has 0 saturated carbocycles. The highest BCUT2D eigenvalue weighted by Gasteiger charge is 2.38. The van der Waals surface area contributed by atoms with Gasteiger partial charge in [-0.2, -0.15) is 5.10 Å². The highest BCUT2D eigenvalue weighted by molar-refractivity contribution is 9.10. The van der Waals surface area contributed by atoms with Crippen LogP contribution in [0.5, 0.6) is 0 Å². The lowest BCUT2D eigenvalue weighted by Gasteiger charge is -2.49. The Bertz CT molecular complexity index is 513. The molecule has 1 aromatic heterocycles. The van der Waals surface area contributed by atoms with Crippen molar-refractivity contribution >= 4 is 15.9 Å². The molecule has 5 heteroatoms. The molecule has 1 atom stereocenters. The fraction of sp³-hybridized carbons (Fsp3) is 0.812. The summed E-state index contributed by atoms with van der Waals surface area (Å²) in [5.74, 6) is 0. The van der Waals surface area contributed by atoms with Gasteiger partial charge >= 0.3 is 0 Å². The Hall–Kier alpha value is -0.390. The lowest BCUT2D eigenvalue weighted by Crippen LogP contribution is -2.64. The fourth-order valence-electron chi connectivity index (χ4n) is 3.24. The smallest absolute Gasteiger partial charge is 0.0739 e. The minimum absolute atomic E-state index is 0.155. The first-order chi connectivity index (χ1) is 9.51. The minimum atomic E-state index is 0.155. The number of rotatable bonds is 2. The van der Waals surface area contributed by atoms with E-state index in [1.165, 1.54) is 5.69 Å². The maximum Gasteiger partial charge on any atom is 0.0739 e. The van der Waals surface area contributed by atoms with E-state index in [4.69, 9.17) is 0 Å². The van der Waals surface area contributed by atoms with Gasteiger partial charge in [-0.25, -0.2) is 0 Å². The molecule has 1 fully saturated rings. The van der Waals surface area contributed by atoms with E-state index in [1.54, 1.807) is 0 Å². The molecule has 0 bridgehead atoms. The summed E-state index contributed by atoms with van der Waals surface area (Å²) in [6.07, 6.45) is 0. The topological polar surface area (TPSA) is 33.1 Å². The summed E-state index contributed by atoms with van der Waals surface area (Å²) in [5, 5.41) is 8.22. The molecule has 0 radical (unpaired) electrons. The molecule has 1 aliphatic heterocycles. The third-order valence-corrected chi connectivity index (χ3v) is 5.46. The summed E-state index contributed by atoms with van der Waals surface area (Å²) in [4.78, 5) is 2.61. The SMILES string of the molecule is Cc1nn(C)c(CN2CC(C)(C)NCC2C(C)(C)C)c1Br. The number of nitrogens with one attached hydrogen (secondary N) is 1. The first-order valence-corrected chi connectivity index (χ1v) is 8.47. The van der Waals surface area contributed by atoms with Gasteiger partial charge in [-0.15, -0.1) is 0 Å². The Labute approximate surface area is 137 Å². The van der Waals surface area contributed by atoms with Crippen LogP contribution in [-0.2, 0) is 13.6 Å². The molecule has 0 aromatic carbocycles. The van der Waals surface area contributed by atoms with Crippen molar-refractivity contribution < 1.29 is 0 Å². The molecule has 1 unspecified atom stereocenters. The van der Waals surface area contributed by atoms with Gasteiger partial charge in [0.05, 0.1) is 15.9 Å². The van der Waals surface area contributed by atoms with Crippen LogP contribution in [-0.4, -0.2) is 39.4 Å². The number of hydrogen-bond acceptors (Lipinski definition) is 3. The number of halogens is 1. The molecule has 4 nitrogen and oxygen atoms in total. The van der Waals surface area contributed by atoms with Crippen molar-refractivity contribution in [2.45, 2.75) is 59.7 Å². The normalized spacial score (nSPS) is 23.5. The molecule has 21 heavy (non-hydrogen) atoms. The Morgan fingerprint density at radius 2 is 2.00 bits per heavy atom. The lowest BCUT2D eigenvalue weighted by molar-refractivity contribution is 0.0254. The maximum atomic E-state index is 4.53. The van der Waals surface area contributed by atoms with E-state index in [-0.39, 0.29) is 11.0 Å². The van der Waals surface area contributed by atoms with Crippen LogP contribution in [0, 0.1) is 12.3 Å². The summed E-state index contributed by atoms with van der Waals surface area (Å²) >= 11 is 3.70. The maximum absolute atomic E-state index is 4.53. The zero-order valence-corrected chi connectivity index (χ0v) is 16.0. The van der Waals surface area contributed by atoms with Crippen molar-refractivity contribution in [3.63, 3.8) is 0 Å². The zero-order valence-electron chi connectivity index (χ0n) is 14.4. The van der Waals surface area contributed by atoms with E-state index in [0.29, 0.717) is 6.04 Å². The van der Waals surface area contributed by atoms with Crippen molar-refractivity contribution in [3.8, 4) is 0 Å². The highest BCUT2D eigenvalue weighted by Crippen LogP contribution is 2.31. The molecule has 0 spiro atoms. The first kappa shape index (κ1) is 17.0. The van der Waals surface area contributed by atoms with Crippen LogP contribution in [0.15, 0.2) is 4.47 Å². The van der Waals surface area contributed by atoms with Crippen LogP contribution >= 0.6 is 15.9 Å². The van der Waals surface area contributed by atoms with Crippen LogP contribution in [0.3, 0.4) is 0 Å². The number of aryl methyl sites for hydroxylation is 2. The van der Waals surface area contributed by atoms with Crippen LogP contribution in [0.2, 0.25) is 0 Å². The minimum Gasteiger partial charge on any atom is -0.309 e. The molecule has 0 amide bonds.